The van der Waals surface area contributed by atoms with Gasteiger partial charge in [-0.25, -0.2) is 4.79 Å². The Morgan fingerprint density at radius 2 is 1.00 bits per heavy atom. The minimum atomic E-state index is -1.14. The lowest BCUT2D eigenvalue weighted by Gasteiger charge is -2.30. The second kappa shape index (κ2) is 16.0. The molecule has 0 heterocycles. The lowest BCUT2D eigenvalue weighted by Crippen LogP contribution is -2.41. The summed E-state index contributed by atoms with van der Waals surface area (Å²) in [5.74, 6) is -0.0994. The van der Waals surface area contributed by atoms with Crippen LogP contribution in [0, 0.1) is 0 Å². The van der Waals surface area contributed by atoms with Crippen LogP contribution in [-0.2, 0) is 19.1 Å². The number of esters is 1. The van der Waals surface area contributed by atoms with Crippen molar-refractivity contribution in [2.75, 3.05) is 19.8 Å². The van der Waals surface area contributed by atoms with Crippen LogP contribution >= 0.6 is 0 Å². The van der Waals surface area contributed by atoms with Crippen molar-refractivity contribution in [1.82, 2.24) is 0 Å². The molecule has 0 aromatic heterocycles. The van der Waals surface area contributed by atoms with Crippen LogP contribution in [0.5, 0.6) is 11.5 Å². The normalized spacial score (nSPS) is 12.4. The molecule has 4 aromatic carbocycles. The molecule has 0 aliphatic rings. The second-order valence-electron chi connectivity index (χ2n) is 11.8. The molecule has 0 saturated heterocycles. The van der Waals surface area contributed by atoms with Crippen molar-refractivity contribution in [3.8, 4) is 11.5 Å². The Bertz CT molecular complexity index is 1650. The summed E-state index contributed by atoms with van der Waals surface area (Å²) in [5.41, 5.74) is 0.255. The Labute approximate surface area is 275 Å². The van der Waals surface area contributed by atoms with E-state index in [-0.39, 0.29) is 37.2 Å². The van der Waals surface area contributed by atoms with Crippen LogP contribution in [-0.4, -0.2) is 54.3 Å². The van der Waals surface area contributed by atoms with Crippen LogP contribution in [0.25, 0.3) is 0 Å². The molecule has 8 heteroatoms. The van der Waals surface area contributed by atoms with Gasteiger partial charge in [-0.05, 0) is 75.7 Å². The number of carbonyl (C=O) groups excluding carboxylic acids is 4. The van der Waals surface area contributed by atoms with Crippen molar-refractivity contribution >= 4 is 23.3 Å². The molecule has 0 radical (unpaired) electrons. The van der Waals surface area contributed by atoms with Gasteiger partial charge in [0.2, 0.25) is 5.78 Å². The quantitative estimate of drug-likeness (QED) is 0.0895. The Balaban J connectivity index is 1.19. The molecule has 0 spiro atoms. The van der Waals surface area contributed by atoms with Gasteiger partial charge in [-0.1, -0.05) is 67.6 Å². The van der Waals surface area contributed by atoms with E-state index in [0.29, 0.717) is 46.6 Å². The Kier molecular flexibility index (Phi) is 11.8. The monoisotopic (exact) mass is 636 g/mol. The standard InChI is InChI=1S/C39H40O8/c1-5-39(4,47-35(41)27-45-33-22-18-31(19-23-33)37(43)29-14-10-7-11-15-29)24-25-46-38(2,3)34(40)26-44-32-20-16-30(17-21-32)36(42)28-12-8-6-9-13-28/h6-23H,5,24-27H2,1-4H3. The molecule has 0 saturated carbocycles. The first-order valence-electron chi connectivity index (χ1n) is 15.5. The van der Waals surface area contributed by atoms with Crippen LogP contribution in [0.4, 0.5) is 0 Å². The topological polar surface area (TPSA) is 105 Å². The number of hydrogen-bond donors (Lipinski definition) is 0. The lowest BCUT2D eigenvalue weighted by atomic mass is 9.98. The molecule has 0 aliphatic carbocycles. The third-order valence-corrected chi connectivity index (χ3v) is 7.91. The zero-order valence-electron chi connectivity index (χ0n) is 27.2. The molecule has 1 atom stereocenters. The van der Waals surface area contributed by atoms with Crippen molar-refractivity contribution in [1.29, 1.82) is 0 Å². The van der Waals surface area contributed by atoms with Gasteiger partial charge in [-0.2, -0.15) is 0 Å². The van der Waals surface area contributed by atoms with E-state index < -0.39 is 17.2 Å². The molecule has 0 aliphatic heterocycles. The van der Waals surface area contributed by atoms with Gasteiger partial charge in [0.15, 0.2) is 18.2 Å². The smallest absolute Gasteiger partial charge is 0.344 e. The summed E-state index contributed by atoms with van der Waals surface area (Å²) in [7, 11) is 0. The number of ether oxygens (including phenoxy) is 4. The highest BCUT2D eigenvalue weighted by molar-refractivity contribution is 6.09. The molecular weight excluding hydrogens is 596 g/mol. The van der Waals surface area contributed by atoms with Crippen LogP contribution in [0.2, 0.25) is 0 Å². The maximum Gasteiger partial charge on any atom is 0.344 e. The van der Waals surface area contributed by atoms with E-state index in [2.05, 4.69) is 0 Å². The van der Waals surface area contributed by atoms with Crippen LogP contribution < -0.4 is 9.47 Å². The Morgan fingerprint density at radius 1 is 0.574 bits per heavy atom. The maximum atomic E-state index is 12.9. The van der Waals surface area contributed by atoms with Crippen molar-refractivity contribution < 1.29 is 38.1 Å². The number of carbonyl (C=O) groups is 4. The van der Waals surface area contributed by atoms with E-state index in [1.54, 1.807) is 86.6 Å². The highest BCUT2D eigenvalue weighted by atomic mass is 16.6. The van der Waals surface area contributed by atoms with E-state index in [9.17, 15) is 19.2 Å². The molecule has 47 heavy (non-hydrogen) atoms. The molecule has 244 valence electrons. The van der Waals surface area contributed by atoms with Gasteiger partial charge in [0, 0.05) is 28.7 Å². The third-order valence-electron chi connectivity index (χ3n) is 7.91. The zero-order chi connectivity index (χ0) is 33.9. The number of Topliss-reactive ketones (excluding diaryl/α,β-unsaturated/α-hetero) is 1. The average Bonchev–Trinajstić information content (AvgIpc) is 3.10. The van der Waals surface area contributed by atoms with E-state index in [4.69, 9.17) is 18.9 Å². The minimum absolute atomic E-state index is 0.0942. The van der Waals surface area contributed by atoms with Crippen molar-refractivity contribution in [3.63, 3.8) is 0 Å². The van der Waals surface area contributed by atoms with E-state index in [1.807, 2.05) is 50.2 Å². The highest BCUT2D eigenvalue weighted by Crippen LogP contribution is 2.24. The van der Waals surface area contributed by atoms with Gasteiger partial charge in [-0.15, -0.1) is 0 Å². The summed E-state index contributed by atoms with van der Waals surface area (Å²) in [6, 6.07) is 31.2. The van der Waals surface area contributed by atoms with E-state index in [0.717, 1.165) is 0 Å². The molecular formula is C39H40O8. The molecule has 0 N–H and O–H groups in total. The van der Waals surface area contributed by atoms with Crippen molar-refractivity contribution in [2.45, 2.75) is 51.7 Å². The van der Waals surface area contributed by atoms with Gasteiger partial charge in [0.05, 0.1) is 6.61 Å². The van der Waals surface area contributed by atoms with Gasteiger partial charge >= 0.3 is 5.97 Å². The van der Waals surface area contributed by atoms with E-state index in [1.165, 1.54) is 0 Å². The Morgan fingerprint density at radius 3 is 1.45 bits per heavy atom. The van der Waals surface area contributed by atoms with Gasteiger partial charge < -0.3 is 18.9 Å². The summed E-state index contributed by atoms with van der Waals surface area (Å²) in [6.45, 7) is 6.71. The summed E-state index contributed by atoms with van der Waals surface area (Å²) >= 11 is 0. The van der Waals surface area contributed by atoms with Gasteiger partial charge in [0.25, 0.3) is 0 Å². The fraction of sp³-hybridized carbons (Fsp3) is 0.282. The van der Waals surface area contributed by atoms with Crippen molar-refractivity contribution in [3.05, 3.63) is 131 Å². The highest BCUT2D eigenvalue weighted by Gasteiger charge is 2.32. The first-order valence-corrected chi connectivity index (χ1v) is 15.5. The fourth-order valence-electron chi connectivity index (χ4n) is 4.59. The van der Waals surface area contributed by atoms with E-state index >= 15 is 0 Å². The predicted octanol–water partition coefficient (Wildman–Crippen LogP) is 7.07. The lowest BCUT2D eigenvalue weighted by molar-refractivity contribution is -0.165. The van der Waals surface area contributed by atoms with Crippen molar-refractivity contribution in [2.24, 2.45) is 0 Å². The fourth-order valence-corrected chi connectivity index (χ4v) is 4.59. The first kappa shape index (κ1) is 34.8. The number of ketones is 3. The summed E-state index contributed by atoms with van der Waals surface area (Å²) in [5, 5.41) is 0. The van der Waals surface area contributed by atoms with Gasteiger partial charge in [-0.3, -0.25) is 14.4 Å². The van der Waals surface area contributed by atoms with Gasteiger partial charge in [0.1, 0.15) is 29.3 Å². The number of hydrogen-bond acceptors (Lipinski definition) is 8. The summed E-state index contributed by atoms with van der Waals surface area (Å²) < 4.78 is 22.9. The van der Waals surface area contributed by atoms with Crippen LogP contribution in [0.1, 0.15) is 72.4 Å². The van der Waals surface area contributed by atoms with Crippen LogP contribution in [0.15, 0.2) is 109 Å². The minimum Gasteiger partial charge on any atom is -0.486 e. The largest absolute Gasteiger partial charge is 0.486 e. The Hall–Kier alpha value is -5.08. The average molecular weight is 637 g/mol. The summed E-state index contributed by atoms with van der Waals surface area (Å²) in [4.78, 5) is 50.8. The molecule has 4 aromatic rings. The second-order valence-corrected chi connectivity index (χ2v) is 11.8. The molecule has 0 fully saturated rings. The molecule has 1 unspecified atom stereocenters. The SMILES string of the molecule is CCC(C)(CCOC(C)(C)C(=O)COc1ccc(C(=O)c2ccccc2)cc1)OC(=O)COc1ccc(C(=O)c2ccccc2)cc1. The first-order chi connectivity index (χ1) is 22.5. The summed E-state index contributed by atoms with van der Waals surface area (Å²) in [6.07, 6.45) is 0.888. The molecule has 8 nitrogen and oxygen atoms in total. The van der Waals surface area contributed by atoms with Crippen LogP contribution in [0.3, 0.4) is 0 Å². The zero-order valence-corrected chi connectivity index (χ0v) is 27.2. The predicted molar refractivity (Wildman–Crippen MR) is 178 cm³/mol. The number of rotatable bonds is 17. The third kappa shape index (κ3) is 9.95. The number of benzene rings is 4. The molecule has 0 amide bonds. The molecule has 4 rings (SSSR count). The maximum absolute atomic E-state index is 12.9. The molecule has 0 bridgehead atoms.